The topological polar surface area (TPSA) is 55.0 Å². The summed E-state index contributed by atoms with van der Waals surface area (Å²) in [6.45, 7) is 5.03. The van der Waals surface area contributed by atoms with Crippen molar-refractivity contribution in [1.82, 2.24) is 9.88 Å². The molecule has 6 atom stereocenters. The number of carbonyl (C=O) groups is 1. The van der Waals surface area contributed by atoms with Gasteiger partial charge in [-0.2, -0.15) is 0 Å². The van der Waals surface area contributed by atoms with Gasteiger partial charge in [0.15, 0.2) is 0 Å². The van der Waals surface area contributed by atoms with Crippen LogP contribution in [0.15, 0.2) is 24.4 Å². The van der Waals surface area contributed by atoms with Crippen LogP contribution in [-0.2, 0) is 20.7 Å². The van der Waals surface area contributed by atoms with E-state index < -0.39 is 0 Å². The standard InChI is InChI=1S/C23H32N2O3/c1-22-8-5-9-23(15-27-23)20(22)12-17-18(21(26)28-19(17)13-22)14-25(2)11-7-16-6-3-4-10-24-16/h3-4,6,10,17-20H,5,7-9,11-15H2,1-2H3. The number of hydrogen-bond donors (Lipinski definition) is 0. The van der Waals surface area contributed by atoms with Crippen LogP contribution >= 0.6 is 0 Å². The Bertz CT molecular complexity index is 735. The van der Waals surface area contributed by atoms with Crippen molar-refractivity contribution < 1.29 is 14.3 Å². The van der Waals surface area contributed by atoms with Gasteiger partial charge in [0.1, 0.15) is 6.10 Å². The minimum absolute atomic E-state index is 0.000934. The van der Waals surface area contributed by atoms with Crippen LogP contribution in [0, 0.1) is 23.2 Å². The van der Waals surface area contributed by atoms with Crippen LogP contribution in [-0.4, -0.2) is 54.3 Å². The lowest BCUT2D eigenvalue weighted by atomic mass is 9.53. The molecule has 6 unspecified atom stereocenters. The van der Waals surface area contributed by atoms with Crippen LogP contribution < -0.4 is 0 Å². The number of epoxide rings is 1. The van der Waals surface area contributed by atoms with E-state index in [1.54, 1.807) is 0 Å². The SMILES string of the molecule is CN(CCc1ccccn1)CC1C(=O)OC2CC3(C)CCCC4(CO4)C3CC21. The lowest BCUT2D eigenvalue weighted by molar-refractivity contribution is -0.147. The molecule has 28 heavy (non-hydrogen) atoms. The maximum atomic E-state index is 12.7. The van der Waals surface area contributed by atoms with E-state index in [1.807, 2.05) is 18.3 Å². The molecule has 2 saturated heterocycles. The quantitative estimate of drug-likeness (QED) is 0.577. The summed E-state index contributed by atoms with van der Waals surface area (Å²) in [4.78, 5) is 19.4. The van der Waals surface area contributed by atoms with Crippen molar-refractivity contribution in [3.63, 3.8) is 0 Å². The Balaban J connectivity index is 1.25. The van der Waals surface area contributed by atoms with Crippen LogP contribution in [0.4, 0.5) is 0 Å². The molecule has 4 aliphatic rings. The number of rotatable bonds is 5. The molecule has 1 aromatic heterocycles. The van der Waals surface area contributed by atoms with Crippen LogP contribution in [0.25, 0.3) is 0 Å². The zero-order valence-electron chi connectivity index (χ0n) is 17.1. The minimum atomic E-state index is 0.000934. The second kappa shape index (κ2) is 6.81. The van der Waals surface area contributed by atoms with E-state index in [2.05, 4.69) is 29.9 Å². The molecule has 5 nitrogen and oxygen atoms in total. The van der Waals surface area contributed by atoms with Crippen molar-refractivity contribution in [2.75, 3.05) is 26.7 Å². The van der Waals surface area contributed by atoms with E-state index in [9.17, 15) is 4.79 Å². The van der Waals surface area contributed by atoms with Gasteiger partial charge in [0.05, 0.1) is 18.1 Å². The highest BCUT2D eigenvalue weighted by Crippen LogP contribution is 2.62. The number of hydrogen-bond acceptors (Lipinski definition) is 5. The number of fused-ring (bicyclic) bond motifs is 3. The van der Waals surface area contributed by atoms with Crippen molar-refractivity contribution in [3.8, 4) is 0 Å². The maximum Gasteiger partial charge on any atom is 0.310 e. The summed E-state index contributed by atoms with van der Waals surface area (Å²) in [5.74, 6) is 0.960. The van der Waals surface area contributed by atoms with E-state index in [4.69, 9.17) is 9.47 Å². The van der Waals surface area contributed by atoms with Crippen molar-refractivity contribution in [2.45, 2.75) is 57.2 Å². The Kier molecular flexibility index (Phi) is 4.51. The second-order valence-electron chi connectivity index (χ2n) is 9.93. The molecule has 5 heteroatoms. The van der Waals surface area contributed by atoms with Crippen LogP contribution in [0.1, 0.15) is 44.7 Å². The number of carbonyl (C=O) groups excluding carboxylic acids is 1. The molecule has 2 aliphatic carbocycles. The summed E-state index contributed by atoms with van der Waals surface area (Å²) in [6, 6.07) is 6.04. The highest BCUT2D eigenvalue weighted by atomic mass is 16.6. The average Bonchev–Trinajstić information content (AvgIpc) is 3.38. The summed E-state index contributed by atoms with van der Waals surface area (Å²) in [5, 5.41) is 0. The molecule has 3 heterocycles. The summed E-state index contributed by atoms with van der Waals surface area (Å²) in [6.07, 6.45) is 8.67. The molecule has 2 saturated carbocycles. The first-order valence-electron chi connectivity index (χ1n) is 10.9. The third kappa shape index (κ3) is 3.17. The highest BCUT2D eigenvalue weighted by Gasteiger charge is 2.65. The normalized spacial score (nSPS) is 41.6. The van der Waals surface area contributed by atoms with Gasteiger partial charge in [0.2, 0.25) is 0 Å². The summed E-state index contributed by atoms with van der Waals surface area (Å²) in [5.41, 5.74) is 1.50. The van der Waals surface area contributed by atoms with Gasteiger partial charge in [-0.1, -0.05) is 13.0 Å². The molecule has 152 valence electrons. The highest BCUT2D eigenvalue weighted by molar-refractivity contribution is 5.75. The molecule has 0 bridgehead atoms. The molecule has 5 rings (SSSR count). The van der Waals surface area contributed by atoms with Gasteiger partial charge in [-0.3, -0.25) is 9.78 Å². The molecule has 2 aliphatic heterocycles. The number of aromatic nitrogens is 1. The number of esters is 1. The Morgan fingerprint density at radius 3 is 2.93 bits per heavy atom. The first-order valence-corrected chi connectivity index (χ1v) is 10.9. The number of ether oxygens (including phenoxy) is 2. The van der Waals surface area contributed by atoms with Gasteiger partial charge in [0, 0.05) is 37.3 Å². The lowest BCUT2D eigenvalue weighted by Crippen LogP contribution is -2.51. The van der Waals surface area contributed by atoms with E-state index in [0.29, 0.717) is 11.8 Å². The van der Waals surface area contributed by atoms with Gasteiger partial charge in [-0.15, -0.1) is 0 Å². The molecule has 0 radical (unpaired) electrons. The Labute approximate surface area is 167 Å². The lowest BCUT2D eigenvalue weighted by Gasteiger charge is -2.51. The molecule has 4 fully saturated rings. The Morgan fingerprint density at radius 1 is 1.32 bits per heavy atom. The fourth-order valence-electron chi connectivity index (χ4n) is 6.44. The van der Waals surface area contributed by atoms with Gasteiger partial charge in [-0.25, -0.2) is 0 Å². The molecule has 0 amide bonds. The first kappa shape index (κ1) is 18.6. The predicted molar refractivity (Wildman–Crippen MR) is 106 cm³/mol. The van der Waals surface area contributed by atoms with E-state index >= 15 is 0 Å². The zero-order chi connectivity index (χ0) is 19.4. The number of likely N-dealkylation sites (N-methyl/N-ethyl adjacent to an activating group) is 1. The van der Waals surface area contributed by atoms with Gasteiger partial charge < -0.3 is 14.4 Å². The maximum absolute atomic E-state index is 12.7. The first-order chi connectivity index (χ1) is 13.5. The van der Waals surface area contributed by atoms with Crippen LogP contribution in [0.3, 0.4) is 0 Å². The average molecular weight is 385 g/mol. The van der Waals surface area contributed by atoms with Crippen molar-refractivity contribution in [3.05, 3.63) is 30.1 Å². The van der Waals surface area contributed by atoms with Gasteiger partial charge >= 0.3 is 5.97 Å². The van der Waals surface area contributed by atoms with Crippen molar-refractivity contribution in [2.24, 2.45) is 23.2 Å². The molecule has 0 N–H and O–H groups in total. The minimum Gasteiger partial charge on any atom is -0.462 e. The third-order valence-electron chi connectivity index (χ3n) is 8.06. The molecular weight excluding hydrogens is 352 g/mol. The van der Waals surface area contributed by atoms with Gasteiger partial charge in [0.25, 0.3) is 0 Å². The summed E-state index contributed by atoms with van der Waals surface area (Å²) in [7, 11) is 2.11. The fourth-order valence-corrected chi connectivity index (χ4v) is 6.44. The molecule has 0 aromatic carbocycles. The van der Waals surface area contributed by atoms with E-state index in [1.165, 1.54) is 19.3 Å². The number of pyridine rings is 1. The Hall–Kier alpha value is -1.46. The van der Waals surface area contributed by atoms with Crippen LogP contribution in [0.2, 0.25) is 0 Å². The third-order valence-corrected chi connectivity index (χ3v) is 8.06. The summed E-state index contributed by atoms with van der Waals surface area (Å²) >= 11 is 0. The second-order valence-corrected chi connectivity index (χ2v) is 9.93. The predicted octanol–water partition coefficient (Wildman–Crippen LogP) is 3.08. The Morgan fingerprint density at radius 2 is 2.18 bits per heavy atom. The number of nitrogens with zero attached hydrogens (tertiary/aromatic N) is 2. The summed E-state index contributed by atoms with van der Waals surface area (Å²) < 4.78 is 11.9. The monoisotopic (exact) mass is 384 g/mol. The smallest absolute Gasteiger partial charge is 0.310 e. The molecule has 1 aromatic rings. The van der Waals surface area contributed by atoms with Crippen LogP contribution in [0.5, 0.6) is 0 Å². The van der Waals surface area contributed by atoms with Crippen molar-refractivity contribution >= 4 is 5.97 Å². The van der Waals surface area contributed by atoms with E-state index in [0.717, 1.165) is 44.7 Å². The van der Waals surface area contributed by atoms with Gasteiger partial charge in [-0.05, 0) is 62.6 Å². The van der Waals surface area contributed by atoms with Crippen molar-refractivity contribution in [1.29, 1.82) is 0 Å². The molecular formula is C23H32N2O3. The zero-order valence-corrected chi connectivity index (χ0v) is 17.1. The molecule has 1 spiro atoms. The largest absolute Gasteiger partial charge is 0.462 e. The fraction of sp³-hybridized carbons (Fsp3) is 0.739. The van der Waals surface area contributed by atoms with E-state index in [-0.39, 0.29) is 29.0 Å².